The molecule has 10 heavy (non-hydrogen) atoms. The number of rotatable bonds is 3. The van der Waals surface area contributed by atoms with Gasteiger partial charge in [0.05, 0.1) is 0 Å². The molecule has 0 amide bonds. The molecule has 4 heteroatoms. The number of hydrogen-bond donors (Lipinski definition) is 3. The Balaban J connectivity index is 0. The lowest BCUT2D eigenvalue weighted by atomic mass is 10.3. The second kappa shape index (κ2) is 11.1. The van der Waals surface area contributed by atoms with Gasteiger partial charge in [-0.05, 0) is 6.42 Å². The molecule has 0 aromatic heterocycles. The quantitative estimate of drug-likeness (QED) is 0.531. The van der Waals surface area contributed by atoms with E-state index in [-0.39, 0.29) is 0 Å². The van der Waals surface area contributed by atoms with Crippen LogP contribution >= 0.6 is 0 Å². The van der Waals surface area contributed by atoms with E-state index >= 15 is 0 Å². The molecule has 4 nitrogen and oxygen atoms in total. The lowest BCUT2D eigenvalue weighted by Gasteiger charge is -1.85. The van der Waals surface area contributed by atoms with Crippen molar-refractivity contribution in [3.05, 3.63) is 0 Å². The van der Waals surface area contributed by atoms with Gasteiger partial charge in [-0.15, -0.1) is 0 Å². The van der Waals surface area contributed by atoms with Crippen LogP contribution in [0.25, 0.3) is 0 Å². The van der Waals surface area contributed by atoms with Gasteiger partial charge in [0.15, 0.2) is 0 Å². The number of hydrogen-bond acceptors (Lipinski definition) is 2. The van der Waals surface area contributed by atoms with Crippen LogP contribution < -0.4 is 0 Å². The first-order valence-electron chi connectivity index (χ1n) is 3.17. The van der Waals surface area contributed by atoms with Gasteiger partial charge in [-0.2, -0.15) is 0 Å². The van der Waals surface area contributed by atoms with Gasteiger partial charge < -0.3 is 15.3 Å². The molecule has 62 valence electrons. The van der Waals surface area contributed by atoms with Crippen molar-refractivity contribution in [1.82, 2.24) is 0 Å². The van der Waals surface area contributed by atoms with Crippen molar-refractivity contribution in [3.63, 3.8) is 0 Å². The Kier molecular flexibility index (Phi) is 13.3. The summed E-state index contributed by atoms with van der Waals surface area (Å²) < 4.78 is 0. The molecule has 0 heterocycles. The van der Waals surface area contributed by atoms with Crippen LogP contribution in [0.2, 0.25) is 0 Å². The van der Waals surface area contributed by atoms with E-state index in [1.807, 2.05) is 0 Å². The number of unbranched alkanes of at least 4 members (excludes halogenated alkanes) is 2. The standard InChI is InChI=1S/C5H12O.CH2O3/c1-2-3-4-5-6;2-1(3)4/h6H,2-5H2,1H3;(H2,2,3,4). The van der Waals surface area contributed by atoms with Crippen LogP contribution in [0.4, 0.5) is 4.79 Å². The molecule has 0 aliphatic carbocycles. The van der Waals surface area contributed by atoms with E-state index in [1.54, 1.807) is 0 Å². The zero-order chi connectivity index (χ0) is 8.41. The third-order valence-electron chi connectivity index (χ3n) is 0.762. The van der Waals surface area contributed by atoms with Crippen LogP contribution in [-0.4, -0.2) is 28.1 Å². The van der Waals surface area contributed by atoms with E-state index in [0.717, 1.165) is 12.8 Å². The number of carboxylic acid groups (broad SMARTS) is 2. The highest BCUT2D eigenvalue weighted by Crippen LogP contribution is 1.89. The Morgan fingerprint density at radius 1 is 1.30 bits per heavy atom. The highest BCUT2D eigenvalue weighted by Gasteiger charge is 1.76. The van der Waals surface area contributed by atoms with E-state index in [0.29, 0.717) is 6.61 Å². The van der Waals surface area contributed by atoms with Crippen LogP contribution in [0.15, 0.2) is 0 Å². The third-order valence-corrected chi connectivity index (χ3v) is 0.762. The first-order valence-corrected chi connectivity index (χ1v) is 3.17. The highest BCUT2D eigenvalue weighted by atomic mass is 16.6. The van der Waals surface area contributed by atoms with Crippen LogP contribution in [0.1, 0.15) is 26.2 Å². The molecule has 3 N–H and O–H groups in total. The maximum Gasteiger partial charge on any atom is 0.503 e. The molecule has 0 rings (SSSR count). The largest absolute Gasteiger partial charge is 0.503 e. The van der Waals surface area contributed by atoms with Gasteiger partial charge in [0.1, 0.15) is 0 Å². The van der Waals surface area contributed by atoms with Crippen molar-refractivity contribution in [1.29, 1.82) is 0 Å². The van der Waals surface area contributed by atoms with E-state index in [1.165, 1.54) is 6.42 Å². The monoisotopic (exact) mass is 150 g/mol. The Morgan fingerprint density at radius 3 is 1.80 bits per heavy atom. The second-order valence-corrected chi connectivity index (χ2v) is 1.71. The Labute approximate surface area is 60.1 Å². The highest BCUT2D eigenvalue weighted by molar-refractivity contribution is 5.53. The van der Waals surface area contributed by atoms with Crippen molar-refractivity contribution in [2.24, 2.45) is 0 Å². The average molecular weight is 150 g/mol. The summed E-state index contributed by atoms with van der Waals surface area (Å²) in [5.41, 5.74) is 0. The fraction of sp³-hybridized carbons (Fsp3) is 0.833. The zero-order valence-corrected chi connectivity index (χ0v) is 6.08. The van der Waals surface area contributed by atoms with Gasteiger partial charge >= 0.3 is 6.16 Å². The lowest BCUT2D eigenvalue weighted by molar-refractivity contribution is 0.137. The van der Waals surface area contributed by atoms with Crippen molar-refractivity contribution >= 4 is 6.16 Å². The summed E-state index contributed by atoms with van der Waals surface area (Å²) in [7, 11) is 0. The molecule has 0 aliphatic heterocycles. The molecule has 0 aliphatic rings. The topological polar surface area (TPSA) is 77.8 Å². The van der Waals surface area contributed by atoms with Crippen molar-refractivity contribution < 1.29 is 20.1 Å². The molecule has 0 radical (unpaired) electrons. The van der Waals surface area contributed by atoms with E-state index in [4.69, 9.17) is 20.1 Å². The zero-order valence-electron chi connectivity index (χ0n) is 6.08. The predicted molar refractivity (Wildman–Crippen MR) is 37.3 cm³/mol. The fourth-order valence-electron chi connectivity index (χ4n) is 0.362. The summed E-state index contributed by atoms with van der Waals surface area (Å²) in [5.74, 6) is 0. The minimum Gasteiger partial charge on any atom is -0.450 e. The second-order valence-electron chi connectivity index (χ2n) is 1.71. The third kappa shape index (κ3) is 56.4. The molecule has 0 aromatic carbocycles. The van der Waals surface area contributed by atoms with Crippen LogP contribution in [0, 0.1) is 0 Å². The molecule has 0 saturated heterocycles. The van der Waals surface area contributed by atoms with E-state index in [9.17, 15) is 0 Å². The molecule has 0 atom stereocenters. The van der Waals surface area contributed by atoms with Crippen molar-refractivity contribution in [2.45, 2.75) is 26.2 Å². The molecular weight excluding hydrogens is 136 g/mol. The van der Waals surface area contributed by atoms with Crippen molar-refractivity contribution in [3.8, 4) is 0 Å². The van der Waals surface area contributed by atoms with Gasteiger partial charge in [0.2, 0.25) is 0 Å². The van der Waals surface area contributed by atoms with E-state index in [2.05, 4.69) is 6.92 Å². The molecule has 0 aromatic rings. The summed E-state index contributed by atoms with van der Waals surface area (Å²) in [6, 6.07) is 0. The van der Waals surface area contributed by atoms with Gasteiger partial charge in [-0.1, -0.05) is 19.8 Å². The summed E-state index contributed by atoms with van der Waals surface area (Å²) >= 11 is 0. The predicted octanol–water partition coefficient (Wildman–Crippen LogP) is 1.39. The molecule has 0 unspecified atom stereocenters. The smallest absolute Gasteiger partial charge is 0.450 e. The van der Waals surface area contributed by atoms with Crippen LogP contribution in [0.5, 0.6) is 0 Å². The van der Waals surface area contributed by atoms with Gasteiger partial charge in [-0.25, -0.2) is 4.79 Å². The van der Waals surface area contributed by atoms with E-state index < -0.39 is 6.16 Å². The maximum atomic E-state index is 8.56. The first-order chi connectivity index (χ1) is 4.65. The Hall–Kier alpha value is -0.770. The molecule has 0 fully saturated rings. The number of carbonyl (C=O) groups is 1. The van der Waals surface area contributed by atoms with Crippen LogP contribution in [0.3, 0.4) is 0 Å². The number of aliphatic hydroxyl groups is 1. The number of aliphatic hydroxyl groups excluding tert-OH is 1. The van der Waals surface area contributed by atoms with Gasteiger partial charge in [-0.3, -0.25) is 0 Å². The summed E-state index contributed by atoms with van der Waals surface area (Å²) in [6.07, 6.45) is 1.49. The summed E-state index contributed by atoms with van der Waals surface area (Å²) in [4.78, 5) is 8.56. The molecule has 0 spiro atoms. The minimum atomic E-state index is -1.83. The normalized spacial score (nSPS) is 7.80. The molecular formula is C6H14O4. The SMILES string of the molecule is CCCCCO.O=C(O)O. The summed E-state index contributed by atoms with van der Waals surface area (Å²) in [6.45, 7) is 2.48. The first kappa shape index (κ1) is 12.0. The van der Waals surface area contributed by atoms with Gasteiger partial charge in [0.25, 0.3) is 0 Å². The fourth-order valence-corrected chi connectivity index (χ4v) is 0.362. The minimum absolute atomic E-state index is 0.355. The maximum absolute atomic E-state index is 8.56. The Morgan fingerprint density at radius 2 is 1.70 bits per heavy atom. The average Bonchev–Trinajstić information content (AvgIpc) is 1.82. The Bertz CT molecular complexity index is 64.1. The van der Waals surface area contributed by atoms with Gasteiger partial charge in [0, 0.05) is 6.61 Å². The molecule has 0 bridgehead atoms. The lowest BCUT2D eigenvalue weighted by Crippen LogP contribution is -1.81. The van der Waals surface area contributed by atoms with Crippen molar-refractivity contribution in [2.75, 3.05) is 6.61 Å². The van der Waals surface area contributed by atoms with Crippen LogP contribution in [-0.2, 0) is 0 Å². The summed E-state index contributed by atoms with van der Waals surface area (Å²) in [5, 5.41) is 22.1. The molecule has 0 saturated carbocycles.